The Balaban J connectivity index is 4.06. The summed E-state index contributed by atoms with van der Waals surface area (Å²) in [7, 11) is 3.48. The fourth-order valence-corrected chi connectivity index (χ4v) is 1.70. The second kappa shape index (κ2) is 10.0. The van der Waals surface area contributed by atoms with E-state index in [2.05, 4.69) is 18.7 Å². The van der Waals surface area contributed by atoms with E-state index >= 15 is 0 Å². The van der Waals surface area contributed by atoms with E-state index in [0.29, 0.717) is 12.0 Å². The van der Waals surface area contributed by atoms with E-state index in [1.54, 1.807) is 14.2 Å². The van der Waals surface area contributed by atoms with Crippen LogP contribution in [0.15, 0.2) is 0 Å². The summed E-state index contributed by atoms with van der Waals surface area (Å²) in [5, 5.41) is 0. The van der Waals surface area contributed by atoms with Gasteiger partial charge in [-0.25, -0.2) is 0 Å². The van der Waals surface area contributed by atoms with Crippen molar-refractivity contribution >= 4 is 0 Å². The van der Waals surface area contributed by atoms with Gasteiger partial charge < -0.3 is 15.2 Å². The zero-order chi connectivity index (χ0) is 12.4. The van der Waals surface area contributed by atoms with Gasteiger partial charge in [0.15, 0.2) is 0 Å². The first kappa shape index (κ1) is 15.8. The smallest absolute Gasteiger partial charge is 0.0589 e. The van der Waals surface area contributed by atoms with Crippen LogP contribution >= 0.6 is 0 Å². The molecule has 0 aromatic heterocycles. The van der Waals surface area contributed by atoms with Crippen molar-refractivity contribution in [2.45, 2.75) is 26.3 Å². The lowest BCUT2D eigenvalue weighted by molar-refractivity contribution is 0.0940. The summed E-state index contributed by atoms with van der Waals surface area (Å²) in [6.45, 7) is 8.76. The van der Waals surface area contributed by atoms with Crippen molar-refractivity contribution < 1.29 is 9.47 Å². The Hall–Kier alpha value is -0.160. The van der Waals surface area contributed by atoms with Crippen molar-refractivity contribution in [2.24, 2.45) is 11.7 Å². The number of nitrogens with zero attached hydrogens (tertiary/aromatic N) is 1. The minimum absolute atomic E-state index is 0.497. The van der Waals surface area contributed by atoms with Crippen molar-refractivity contribution in [2.75, 3.05) is 47.1 Å². The predicted molar refractivity (Wildman–Crippen MR) is 67.6 cm³/mol. The fourth-order valence-electron chi connectivity index (χ4n) is 1.70. The van der Waals surface area contributed by atoms with Gasteiger partial charge in [0.2, 0.25) is 0 Å². The molecule has 16 heavy (non-hydrogen) atoms. The zero-order valence-electron chi connectivity index (χ0n) is 11.2. The summed E-state index contributed by atoms with van der Waals surface area (Å²) < 4.78 is 10.2. The van der Waals surface area contributed by atoms with E-state index in [9.17, 15) is 0 Å². The molecule has 0 fully saturated rings. The van der Waals surface area contributed by atoms with Crippen LogP contribution in [-0.4, -0.2) is 58.0 Å². The molecule has 0 saturated heterocycles. The van der Waals surface area contributed by atoms with E-state index in [4.69, 9.17) is 15.2 Å². The highest BCUT2D eigenvalue weighted by molar-refractivity contribution is 4.73. The van der Waals surface area contributed by atoms with Crippen LogP contribution in [0.1, 0.15) is 20.3 Å². The highest BCUT2D eigenvalue weighted by Gasteiger charge is 2.18. The maximum Gasteiger partial charge on any atom is 0.0589 e. The largest absolute Gasteiger partial charge is 0.385 e. The minimum atomic E-state index is 0.497. The third kappa shape index (κ3) is 6.43. The quantitative estimate of drug-likeness (QED) is 0.570. The zero-order valence-corrected chi connectivity index (χ0v) is 11.2. The first-order chi connectivity index (χ1) is 7.67. The Morgan fingerprint density at radius 1 is 1.06 bits per heavy atom. The van der Waals surface area contributed by atoms with Gasteiger partial charge in [-0.15, -0.1) is 0 Å². The van der Waals surface area contributed by atoms with Crippen LogP contribution in [0.5, 0.6) is 0 Å². The first-order valence-electron chi connectivity index (χ1n) is 6.09. The number of hydrogen-bond acceptors (Lipinski definition) is 4. The van der Waals surface area contributed by atoms with Crippen LogP contribution in [0.3, 0.4) is 0 Å². The number of methoxy groups -OCH3 is 2. The molecule has 0 amide bonds. The molecule has 0 spiro atoms. The van der Waals surface area contributed by atoms with Gasteiger partial charge in [0.1, 0.15) is 0 Å². The van der Waals surface area contributed by atoms with Crippen molar-refractivity contribution in [3.63, 3.8) is 0 Å². The SMILES string of the molecule is COCCCN(CCOC)C(C)C(C)CN. The Kier molecular flexibility index (Phi) is 9.92. The molecule has 4 nitrogen and oxygen atoms in total. The molecule has 0 aliphatic rings. The Morgan fingerprint density at radius 3 is 2.19 bits per heavy atom. The summed E-state index contributed by atoms with van der Waals surface area (Å²) in [4.78, 5) is 2.43. The maximum absolute atomic E-state index is 5.71. The van der Waals surface area contributed by atoms with Gasteiger partial charge in [0.25, 0.3) is 0 Å². The molecule has 2 N–H and O–H groups in total. The predicted octanol–water partition coefficient (Wildman–Crippen LogP) is 0.955. The molecule has 2 unspecified atom stereocenters. The molecule has 4 heteroatoms. The van der Waals surface area contributed by atoms with E-state index in [-0.39, 0.29) is 0 Å². The molecular weight excluding hydrogens is 204 g/mol. The van der Waals surface area contributed by atoms with Crippen LogP contribution in [0.2, 0.25) is 0 Å². The molecule has 0 heterocycles. The standard InChI is InChI=1S/C12H28N2O2/c1-11(10-13)12(2)14(7-9-16-4)6-5-8-15-3/h11-12H,5-10,13H2,1-4H3. The third-order valence-electron chi connectivity index (χ3n) is 3.15. The summed E-state index contributed by atoms with van der Waals surface area (Å²) in [5.74, 6) is 0.513. The van der Waals surface area contributed by atoms with E-state index < -0.39 is 0 Å². The summed E-state index contributed by atoms with van der Waals surface area (Å²) in [6, 6.07) is 0.497. The lowest BCUT2D eigenvalue weighted by Gasteiger charge is -2.32. The fraction of sp³-hybridized carbons (Fsp3) is 1.00. The molecule has 0 aromatic rings. The topological polar surface area (TPSA) is 47.7 Å². The van der Waals surface area contributed by atoms with Gasteiger partial charge in [0, 0.05) is 40.0 Å². The second-order valence-electron chi connectivity index (χ2n) is 4.33. The lowest BCUT2D eigenvalue weighted by atomic mass is 10.0. The van der Waals surface area contributed by atoms with E-state index in [1.807, 2.05) is 0 Å². The van der Waals surface area contributed by atoms with Gasteiger partial charge >= 0.3 is 0 Å². The highest BCUT2D eigenvalue weighted by atomic mass is 16.5. The van der Waals surface area contributed by atoms with Crippen molar-refractivity contribution in [3.8, 4) is 0 Å². The molecule has 0 aromatic carbocycles. The average Bonchev–Trinajstić information content (AvgIpc) is 2.31. The van der Waals surface area contributed by atoms with Crippen molar-refractivity contribution in [1.82, 2.24) is 4.90 Å². The lowest BCUT2D eigenvalue weighted by Crippen LogP contribution is -2.42. The molecule has 98 valence electrons. The molecule has 0 saturated carbocycles. The third-order valence-corrected chi connectivity index (χ3v) is 3.15. The summed E-state index contributed by atoms with van der Waals surface area (Å²) in [5.41, 5.74) is 5.71. The van der Waals surface area contributed by atoms with Crippen LogP contribution < -0.4 is 5.73 Å². The normalized spacial score (nSPS) is 15.4. The highest BCUT2D eigenvalue weighted by Crippen LogP contribution is 2.10. The molecule has 0 rings (SSSR count). The van der Waals surface area contributed by atoms with Crippen molar-refractivity contribution in [3.05, 3.63) is 0 Å². The van der Waals surface area contributed by atoms with Gasteiger partial charge in [-0.05, 0) is 25.8 Å². The van der Waals surface area contributed by atoms with E-state index in [1.165, 1.54) is 0 Å². The van der Waals surface area contributed by atoms with Crippen LogP contribution in [0.4, 0.5) is 0 Å². The molecule has 0 radical (unpaired) electrons. The number of hydrogen-bond donors (Lipinski definition) is 1. The van der Waals surface area contributed by atoms with Crippen LogP contribution in [-0.2, 0) is 9.47 Å². The van der Waals surface area contributed by atoms with E-state index in [0.717, 1.165) is 39.3 Å². The van der Waals surface area contributed by atoms with Gasteiger partial charge in [-0.3, -0.25) is 4.90 Å². The molecular formula is C12H28N2O2. The van der Waals surface area contributed by atoms with Crippen LogP contribution in [0.25, 0.3) is 0 Å². The number of ether oxygens (including phenoxy) is 2. The number of nitrogens with two attached hydrogens (primary N) is 1. The first-order valence-corrected chi connectivity index (χ1v) is 6.09. The Labute approximate surface area is 100 Å². The average molecular weight is 232 g/mol. The molecule has 0 bridgehead atoms. The molecule has 0 aliphatic heterocycles. The maximum atomic E-state index is 5.71. The molecule has 0 aliphatic carbocycles. The van der Waals surface area contributed by atoms with Gasteiger partial charge in [-0.2, -0.15) is 0 Å². The second-order valence-corrected chi connectivity index (χ2v) is 4.33. The van der Waals surface area contributed by atoms with Gasteiger partial charge in [-0.1, -0.05) is 6.92 Å². The summed E-state index contributed by atoms with van der Waals surface area (Å²) in [6.07, 6.45) is 1.06. The molecule has 2 atom stereocenters. The monoisotopic (exact) mass is 232 g/mol. The van der Waals surface area contributed by atoms with Crippen molar-refractivity contribution in [1.29, 1.82) is 0 Å². The summed E-state index contributed by atoms with van der Waals surface area (Å²) >= 11 is 0. The Bertz CT molecular complexity index is 156. The Morgan fingerprint density at radius 2 is 1.69 bits per heavy atom. The van der Waals surface area contributed by atoms with Gasteiger partial charge in [0.05, 0.1) is 6.61 Å². The minimum Gasteiger partial charge on any atom is -0.385 e. The number of rotatable bonds is 10. The van der Waals surface area contributed by atoms with Crippen LogP contribution in [0, 0.1) is 5.92 Å².